The summed E-state index contributed by atoms with van der Waals surface area (Å²) in [6.45, 7) is 5.49. The summed E-state index contributed by atoms with van der Waals surface area (Å²) in [4.78, 5) is 11.7. The summed E-state index contributed by atoms with van der Waals surface area (Å²) in [5.74, 6) is 0. The van der Waals surface area contributed by atoms with Crippen LogP contribution in [0.2, 0.25) is 0 Å². The zero-order valence-corrected chi connectivity index (χ0v) is 12.5. The van der Waals surface area contributed by atoms with Gasteiger partial charge in [0.2, 0.25) is 0 Å². The standard InChI is InChI=1S/C17H20N2O2/c1-17(2,3)21-16(20)19-15-9-7-12(8-10-15)13-5-4-6-14(18)11-13/h4-11H,18H2,1-3H3,(H,19,20). The highest BCUT2D eigenvalue weighted by atomic mass is 16.6. The fourth-order valence-electron chi connectivity index (χ4n) is 1.89. The maximum Gasteiger partial charge on any atom is 0.412 e. The monoisotopic (exact) mass is 284 g/mol. The Morgan fingerprint density at radius 3 is 2.29 bits per heavy atom. The number of hydrogen-bond donors (Lipinski definition) is 2. The van der Waals surface area contributed by atoms with Gasteiger partial charge in [-0.05, 0) is 56.2 Å². The fraction of sp³-hybridized carbons (Fsp3) is 0.235. The van der Waals surface area contributed by atoms with Crippen molar-refractivity contribution in [3.05, 3.63) is 48.5 Å². The van der Waals surface area contributed by atoms with Gasteiger partial charge in [0.05, 0.1) is 0 Å². The molecule has 0 aromatic heterocycles. The van der Waals surface area contributed by atoms with E-state index in [1.165, 1.54) is 0 Å². The topological polar surface area (TPSA) is 64.3 Å². The third-order valence-electron chi connectivity index (χ3n) is 2.75. The van der Waals surface area contributed by atoms with Crippen LogP contribution in [0.4, 0.5) is 16.2 Å². The minimum atomic E-state index is -0.508. The number of nitrogens with one attached hydrogen (secondary N) is 1. The number of nitrogens with two attached hydrogens (primary N) is 1. The van der Waals surface area contributed by atoms with Crippen LogP contribution in [-0.4, -0.2) is 11.7 Å². The number of ether oxygens (including phenoxy) is 1. The van der Waals surface area contributed by atoms with Crippen molar-refractivity contribution >= 4 is 17.5 Å². The SMILES string of the molecule is CC(C)(C)OC(=O)Nc1ccc(-c2cccc(N)c2)cc1. The first kappa shape index (κ1) is 14.9. The molecule has 0 unspecified atom stereocenters. The molecule has 0 saturated carbocycles. The molecule has 0 fully saturated rings. The van der Waals surface area contributed by atoms with Crippen LogP contribution < -0.4 is 11.1 Å². The quantitative estimate of drug-likeness (QED) is 0.809. The average molecular weight is 284 g/mol. The molecule has 2 aromatic carbocycles. The Balaban J connectivity index is 2.07. The molecule has 0 saturated heterocycles. The smallest absolute Gasteiger partial charge is 0.412 e. The fourth-order valence-corrected chi connectivity index (χ4v) is 1.89. The summed E-state index contributed by atoms with van der Waals surface area (Å²) in [5.41, 5.74) is 8.77. The number of nitrogen functional groups attached to an aromatic ring is 1. The van der Waals surface area contributed by atoms with Crippen molar-refractivity contribution in [3.8, 4) is 11.1 Å². The molecule has 0 aliphatic rings. The minimum absolute atomic E-state index is 0.459. The van der Waals surface area contributed by atoms with Crippen LogP contribution in [0.5, 0.6) is 0 Å². The van der Waals surface area contributed by atoms with Gasteiger partial charge in [-0.2, -0.15) is 0 Å². The van der Waals surface area contributed by atoms with Crippen LogP contribution >= 0.6 is 0 Å². The normalized spacial score (nSPS) is 11.0. The van der Waals surface area contributed by atoms with E-state index in [4.69, 9.17) is 10.5 Å². The maximum absolute atomic E-state index is 11.7. The second kappa shape index (κ2) is 5.87. The Kier molecular flexibility index (Phi) is 4.17. The van der Waals surface area contributed by atoms with Crippen LogP contribution in [0.3, 0.4) is 0 Å². The average Bonchev–Trinajstić information content (AvgIpc) is 2.37. The highest BCUT2D eigenvalue weighted by molar-refractivity contribution is 5.85. The molecule has 0 atom stereocenters. The summed E-state index contributed by atoms with van der Waals surface area (Å²) < 4.78 is 5.21. The molecule has 0 spiro atoms. The van der Waals surface area contributed by atoms with E-state index >= 15 is 0 Å². The number of carbonyl (C=O) groups is 1. The molecular formula is C17H20N2O2. The van der Waals surface area contributed by atoms with Crippen molar-refractivity contribution in [1.82, 2.24) is 0 Å². The Hall–Kier alpha value is -2.49. The molecule has 0 radical (unpaired) electrons. The van der Waals surface area contributed by atoms with E-state index in [9.17, 15) is 4.79 Å². The molecule has 3 N–H and O–H groups in total. The van der Waals surface area contributed by atoms with Gasteiger partial charge in [-0.25, -0.2) is 4.79 Å². The van der Waals surface area contributed by atoms with E-state index in [2.05, 4.69) is 5.32 Å². The summed E-state index contributed by atoms with van der Waals surface area (Å²) in [6.07, 6.45) is -0.459. The molecule has 0 aliphatic carbocycles. The van der Waals surface area contributed by atoms with E-state index in [-0.39, 0.29) is 0 Å². The zero-order chi connectivity index (χ0) is 15.5. The Bertz CT molecular complexity index is 628. The van der Waals surface area contributed by atoms with E-state index in [0.29, 0.717) is 5.69 Å². The van der Waals surface area contributed by atoms with Gasteiger partial charge in [-0.15, -0.1) is 0 Å². The lowest BCUT2D eigenvalue weighted by Gasteiger charge is -2.19. The van der Waals surface area contributed by atoms with Crippen molar-refractivity contribution in [2.45, 2.75) is 26.4 Å². The van der Waals surface area contributed by atoms with E-state index in [1.807, 2.05) is 69.3 Å². The van der Waals surface area contributed by atoms with Gasteiger partial charge >= 0.3 is 6.09 Å². The highest BCUT2D eigenvalue weighted by Gasteiger charge is 2.16. The van der Waals surface area contributed by atoms with Gasteiger partial charge in [-0.1, -0.05) is 24.3 Å². The van der Waals surface area contributed by atoms with Crippen LogP contribution in [0.1, 0.15) is 20.8 Å². The predicted octanol–water partition coefficient (Wildman–Crippen LogP) is 4.28. The Morgan fingerprint density at radius 2 is 1.71 bits per heavy atom. The van der Waals surface area contributed by atoms with Crippen LogP contribution in [0, 0.1) is 0 Å². The van der Waals surface area contributed by atoms with Gasteiger partial charge in [0.1, 0.15) is 5.60 Å². The Morgan fingerprint density at radius 1 is 1.05 bits per heavy atom. The second-order valence-electron chi connectivity index (χ2n) is 5.83. The molecule has 0 bridgehead atoms. The molecule has 1 amide bonds. The number of amides is 1. The van der Waals surface area contributed by atoms with Gasteiger partial charge in [0.25, 0.3) is 0 Å². The molecule has 110 valence electrons. The Labute approximate surface area is 124 Å². The van der Waals surface area contributed by atoms with Crippen molar-refractivity contribution < 1.29 is 9.53 Å². The van der Waals surface area contributed by atoms with Gasteiger partial charge in [0.15, 0.2) is 0 Å². The van der Waals surface area contributed by atoms with Gasteiger partial charge in [0, 0.05) is 11.4 Å². The van der Waals surface area contributed by atoms with E-state index in [0.717, 1.165) is 16.8 Å². The van der Waals surface area contributed by atoms with Crippen molar-refractivity contribution in [1.29, 1.82) is 0 Å². The molecule has 0 aliphatic heterocycles. The largest absolute Gasteiger partial charge is 0.444 e. The molecular weight excluding hydrogens is 264 g/mol. The molecule has 2 rings (SSSR count). The number of anilines is 2. The first-order valence-corrected chi connectivity index (χ1v) is 6.79. The first-order chi connectivity index (χ1) is 9.83. The summed E-state index contributed by atoms with van der Waals surface area (Å²) in [5, 5.41) is 2.70. The highest BCUT2D eigenvalue weighted by Crippen LogP contribution is 2.23. The van der Waals surface area contributed by atoms with Crippen LogP contribution in [0.15, 0.2) is 48.5 Å². The summed E-state index contributed by atoms with van der Waals surface area (Å²) >= 11 is 0. The second-order valence-corrected chi connectivity index (χ2v) is 5.83. The third kappa shape index (κ3) is 4.53. The van der Waals surface area contributed by atoms with Crippen molar-refractivity contribution in [2.75, 3.05) is 11.1 Å². The van der Waals surface area contributed by atoms with Crippen LogP contribution in [-0.2, 0) is 4.74 Å². The third-order valence-corrected chi connectivity index (χ3v) is 2.75. The number of hydrogen-bond acceptors (Lipinski definition) is 3. The molecule has 21 heavy (non-hydrogen) atoms. The molecule has 4 heteroatoms. The number of rotatable bonds is 2. The molecule has 4 nitrogen and oxygen atoms in total. The number of benzene rings is 2. The van der Waals surface area contributed by atoms with Gasteiger partial charge in [-0.3, -0.25) is 5.32 Å². The van der Waals surface area contributed by atoms with Crippen LogP contribution in [0.25, 0.3) is 11.1 Å². The number of carbonyl (C=O) groups excluding carboxylic acids is 1. The summed E-state index contributed by atoms with van der Waals surface area (Å²) in [6, 6.07) is 15.2. The molecule has 2 aromatic rings. The van der Waals surface area contributed by atoms with E-state index in [1.54, 1.807) is 0 Å². The minimum Gasteiger partial charge on any atom is -0.444 e. The molecule has 0 heterocycles. The predicted molar refractivity (Wildman–Crippen MR) is 86.1 cm³/mol. The lowest BCUT2D eigenvalue weighted by molar-refractivity contribution is 0.0636. The maximum atomic E-state index is 11.7. The zero-order valence-electron chi connectivity index (χ0n) is 12.5. The lowest BCUT2D eigenvalue weighted by Crippen LogP contribution is -2.27. The van der Waals surface area contributed by atoms with Crippen molar-refractivity contribution in [2.24, 2.45) is 0 Å². The van der Waals surface area contributed by atoms with Gasteiger partial charge < -0.3 is 10.5 Å². The van der Waals surface area contributed by atoms with Crippen molar-refractivity contribution in [3.63, 3.8) is 0 Å². The summed E-state index contributed by atoms with van der Waals surface area (Å²) in [7, 11) is 0. The van der Waals surface area contributed by atoms with E-state index < -0.39 is 11.7 Å². The first-order valence-electron chi connectivity index (χ1n) is 6.79. The lowest BCUT2D eigenvalue weighted by atomic mass is 10.0.